The van der Waals surface area contributed by atoms with Crippen molar-refractivity contribution in [3.8, 4) is 6.07 Å². The van der Waals surface area contributed by atoms with Gasteiger partial charge in [-0.2, -0.15) is 18.4 Å². The van der Waals surface area contributed by atoms with Crippen molar-refractivity contribution in [3.05, 3.63) is 23.8 Å². The summed E-state index contributed by atoms with van der Waals surface area (Å²) in [5, 5.41) is 10.4. The summed E-state index contributed by atoms with van der Waals surface area (Å²) >= 11 is 0. The molecule has 220 valence electrons. The number of nitrogens with zero attached hydrogens (tertiary/aromatic N) is 4. The van der Waals surface area contributed by atoms with Crippen LogP contribution >= 0.6 is 0 Å². The number of hydrogen-bond acceptors (Lipinski definition) is 8. The fourth-order valence-electron chi connectivity index (χ4n) is 4.93. The number of nitriles is 1. The molecule has 0 radical (unpaired) electrons. The van der Waals surface area contributed by atoms with Gasteiger partial charge in [0.15, 0.2) is 9.84 Å². The van der Waals surface area contributed by atoms with Crippen molar-refractivity contribution in [1.82, 2.24) is 15.1 Å². The maximum absolute atomic E-state index is 14.2. The minimum atomic E-state index is -4.96. The number of alkyl halides is 3. The van der Waals surface area contributed by atoms with E-state index in [0.717, 1.165) is 17.0 Å². The summed E-state index contributed by atoms with van der Waals surface area (Å²) in [6.07, 6.45) is -5.55. The van der Waals surface area contributed by atoms with Crippen LogP contribution in [0.3, 0.4) is 0 Å². The normalized spacial score (nSPS) is 23.4. The molecule has 1 saturated carbocycles. The van der Waals surface area contributed by atoms with E-state index in [4.69, 9.17) is 4.74 Å². The Kier molecular flexibility index (Phi) is 7.79. The predicted octanol–water partition coefficient (Wildman–Crippen LogP) is 2.78. The maximum Gasteiger partial charge on any atom is 0.417 e. The molecule has 0 aromatic heterocycles. The highest BCUT2D eigenvalue weighted by atomic mass is 32.2. The van der Waals surface area contributed by atoms with Crippen LogP contribution in [0.1, 0.15) is 45.6 Å². The summed E-state index contributed by atoms with van der Waals surface area (Å²) in [7, 11) is -2.75. The summed E-state index contributed by atoms with van der Waals surface area (Å²) in [4.78, 5) is 30.0. The number of likely N-dealkylation sites (tertiary alicyclic amines) is 1. The van der Waals surface area contributed by atoms with E-state index in [1.807, 2.05) is 18.0 Å². The van der Waals surface area contributed by atoms with Crippen LogP contribution in [0, 0.1) is 11.3 Å². The molecule has 14 heteroatoms. The molecule has 2 heterocycles. The van der Waals surface area contributed by atoms with Crippen LogP contribution in [-0.4, -0.2) is 92.4 Å². The highest BCUT2D eigenvalue weighted by Crippen LogP contribution is 2.40. The molecule has 3 fully saturated rings. The Labute approximate surface area is 231 Å². The first kappa shape index (κ1) is 29.9. The molecule has 40 heavy (non-hydrogen) atoms. The van der Waals surface area contributed by atoms with Crippen LogP contribution in [0.5, 0.6) is 0 Å². The van der Waals surface area contributed by atoms with Crippen LogP contribution in [0.4, 0.5) is 23.7 Å². The number of carbonyl (C=O) groups is 2. The van der Waals surface area contributed by atoms with Gasteiger partial charge in [-0.3, -0.25) is 9.69 Å². The minimum absolute atomic E-state index is 0.268. The zero-order valence-corrected chi connectivity index (χ0v) is 23.7. The molecule has 1 aromatic rings. The number of carbonyl (C=O) groups excluding carboxylic acids is 2. The van der Waals surface area contributed by atoms with Gasteiger partial charge in [-0.15, -0.1) is 0 Å². The third kappa shape index (κ3) is 6.30. The molecule has 1 N–H and O–H groups in total. The van der Waals surface area contributed by atoms with Gasteiger partial charge >= 0.3 is 12.3 Å². The molecule has 0 unspecified atom stereocenters. The topological polar surface area (TPSA) is 123 Å². The smallest absolute Gasteiger partial charge is 0.417 e. The number of hydrogen-bond donors (Lipinski definition) is 1. The summed E-state index contributed by atoms with van der Waals surface area (Å²) < 4.78 is 75.5. The fourth-order valence-corrected chi connectivity index (χ4v) is 6.82. The number of sulfone groups is 1. The Morgan fingerprint density at radius 2 is 1.75 bits per heavy atom. The van der Waals surface area contributed by atoms with Gasteiger partial charge in [-0.25, -0.2) is 13.2 Å². The number of nitrogens with one attached hydrogen (secondary N) is 1. The lowest BCUT2D eigenvalue weighted by Crippen LogP contribution is -2.50. The Hall–Kier alpha value is -3.05. The number of ether oxygens (including phenoxy) is 1. The molecule has 2 atom stereocenters. The van der Waals surface area contributed by atoms with E-state index in [1.54, 1.807) is 25.7 Å². The first-order chi connectivity index (χ1) is 18.5. The van der Waals surface area contributed by atoms with E-state index in [-0.39, 0.29) is 5.69 Å². The third-order valence-corrected chi connectivity index (χ3v) is 9.59. The lowest BCUT2D eigenvalue weighted by atomic mass is 10.1. The first-order valence-corrected chi connectivity index (χ1v) is 14.6. The minimum Gasteiger partial charge on any atom is -0.444 e. The van der Waals surface area contributed by atoms with Crippen molar-refractivity contribution in [2.24, 2.45) is 0 Å². The van der Waals surface area contributed by atoms with Crippen molar-refractivity contribution in [1.29, 1.82) is 5.26 Å². The van der Waals surface area contributed by atoms with Crippen LogP contribution in [0.2, 0.25) is 0 Å². The van der Waals surface area contributed by atoms with Crippen molar-refractivity contribution < 1.29 is 35.9 Å². The number of rotatable bonds is 5. The van der Waals surface area contributed by atoms with E-state index in [9.17, 15) is 36.4 Å². The predicted molar refractivity (Wildman–Crippen MR) is 139 cm³/mol. The monoisotopic (exact) mass is 585 g/mol. The van der Waals surface area contributed by atoms with E-state index in [2.05, 4.69) is 5.32 Å². The van der Waals surface area contributed by atoms with Gasteiger partial charge in [0.2, 0.25) is 5.91 Å². The molecule has 1 aliphatic carbocycles. The van der Waals surface area contributed by atoms with Gasteiger partial charge in [-0.1, -0.05) is 0 Å². The Morgan fingerprint density at radius 3 is 2.27 bits per heavy atom. The number of halogens is 3. The Bertz CT molecular complexity index is 1310. The molecule has 10 nitrogen and oxygen atoms in total. The van der Waals surface area contributed by atoms with Crippen molar-refractivity contribution in [3.63, 3.8) is 0 Å². The highest BCUT2D eigenvalue weighted by Gasteiger charge is 2.52. The third-order valence-electron chi connectivity index (χ3n) is 7.40. The zero-order valence-electron chi connectivity index (χ0n) is 22.9. The van der Waals surface area contributed by atoms with Gasteiger partial charge in [0.05, 0.1) is 21.8 Å². The van der Waals surface area contributed by atoms with Gasteiger partial charge in [0, 0.05) is 38.4 Å². The average molecular weight is 586 g/mol. The maximum atomic E-state index is 14.2. The zero-order chi connectivity index (χ0) is 29.7. The molecular weight excluding hydrogens is 551 g/mol. The van der Waals surface area contributed by atoms with Crippen molar-refractivity contribution >= 4 is 27.5 Å². The van der Waals surface area contributed by atoms with Gasteiger partial charge in [0.1, 0.15) is 17.2 Å². The molecule has 0 bridgehead atoms. The fraction of sp³-hybridized carbons (Fsp3) is 0.654. The lowest BCUT2D eigenvalue weighted by Gasteiger charge is -2.34. The van der Waals surface area contributed by atoms with E-state index < -0.39 is 73.9 Å². The van der Waals surface area contributed by atoms with Crippen LogP contribution in [-0.2, 0) is 25.5 Å². The number of anilines is 1. The summed E-state index contributed by atoms with van der Waals surface area (Å²) in [5.41, 5.74) is -3.08. The van der Waals surface area contributed by atoms with Crippen molar-refractivity contribution in [2.75, 3.05) is 44.7 Å². The quantitative estimate of drug-likeness (QED) is 0.560. The highest BCUT2D eigenvalue weighted by molar-refractivity contribution is 7.92. The Morgan fingerprint density at radius 1 is 1.12 bits per heavy atom. The number of piperazine rings is 1. The molecule has 1 aromatic carbocycles. The van der Waals surface area contributed by atoms with Crippen LogP contribution in [0.15, 0.2) is 23.1 Å². The van der Waals surface area contributed by atoms with Crippen LogP contribution < -0.4 is 10.2 Å². The van der Waals surface area contributed by atoms with Crippen LogP contribution in [0.25, 0.3) is 0 Å². The number of likely N-dealkylation sites (N-methyl/N-ethyl adjacent to an activating group) is 1. The average Bonchev–Trinajstić information content (AvgIpc) is 3.47. The standard InChI is InChI=1S/C26H34F3N5O5S/c1-24(2,3)39-23(36)34-15-18(14-20(34)22(35)31-25(16-30)7-8-25)40(37,38)21-6-5-17(13-19(21)26(27,28)29)33-11-9-32(4)10-12-33/h5-6,13,18,20H,7-12,14-15H2,1-4H3,(H,31,35)/t18-,20+/m1/s1. The van der Waals surface area contributed by atoms with Gasteiger partial charge in [-0.05, 0) is 65.3 Å². The Balaban J connectivity index is 1.66. The molecule has 2 amide bonds. The lowest BCUT2D eigenvalue weighted by molar-refractivity contribution is -0.139. The molecule has 3 aliphatic rings. The van der Waals surface area contributed by atoms with E-state index >= 15 is 0 Å². The summed E-state index contributed by atoms with van der Waals surface area (Å²) in [6, 6.07) is 3.85. The molecule has 4 rings (SSSR count). The van der Waals surface area contributed by atoms with Gasteiger partial charge in [0.25, 0.3) is 0 Å². The summed E-state index contributed by atoms with van der Waals surface area (Å²) in [6.45, 7) is 6.54. The second-order valence-electron chi connectivity index (χ2n) is 11.7. The van der Waals surface area contributed by atoms with E-state index in [0.29, 0.717) is 39.0 Å². The molecule has 0 spiro atoms. The second-order valence-corrected chi connectivity index (χ2v) is 13.9. The molecule has 2 saturated heterocycles. The van der Waals surface area contributed by atoms with Gasteiger partial charge < -0.3 is 19.9 Å². The van der Waals surface area contributed by atoms with E-state index in [1.165, 1.54) is 6.07 Å². The first-order valence-electron chi connectivity index (χ1n) is 13.1. The number of benzene rings is 1. The molecule has 2 aliphatic heterocycles. The SMILES string of the molecule is CN1CCN(c2ccc(S(=O)(=O)[C@@H]3C[C@@H](C(=O)NC4(C#N)CC4)N(C(=O)OC(C)(C)C)C3)c(C(F)(F)F)c2)CC1. The van der Waals surface area contributed by atoms with Crippen molar-refractivity contribution in [2.45, 2.75) is 73.5 Å². The number of amides is 2. The summed E-state index contributed by atoms with van der Waals surface area (Å²) in [5.74, 6) is -0.746. The molecular formula is C26H34F3N5O5S. The second kappa shape index (κ2) is 10.4. The largest absolute Gasteiger partial charge is 0.444 e.